The molecule has 1 saturated heterocycles. The molecule has 2 heterocycles. The van der Waals surface area contributed by atoms with Crippen LogP contribution in [0.15, 0.2) is 18.2 Å². The molecule has 2 aliphatic rings. The van der Waals surface area contributed by atoms with Crippen LogP contribution in [-0.2, 0) is 11.2 Å². The summed E-state index contributed by atoms with van der Waals surface area (Å²) in [5.41, 5.74) is 1.96. The van der Waals surface area contributed by atoms with Gasteiger partial charge in [0.25, 0.3) is 0 Å². The number of benzene rings is 1. The Morgan fingerprint density at radius 2 is 2.22 bits per heavy atom. The second-order valence-electron chi connectivity index (χ2n) is 5.04. The maximum atomic E-state index is 12.2. The van der Waals surface area contributed by atoms with Crippen molar-refractivity contribution in [3.63, 3.8) is 0 Å². The molecule has 0 N–H and O–H groups in total. The third kappa shape index (κ3) is 2.41. The molecule has 0 spiro atoms. The molecule has 1 aromatic rings. The van der Waals surface area contributed by atoms with E-state index in [2.05, 4.69) is 0 Å². The Labute approximate surface area is 107 Å². The fourth-order valence-electron chi connectivity index (χ4n) is 2.65. The van der Waals surface area contributed by atoms with Gasteiger partial charge in [-0.25, -0.2) is 0 Å². The molecule has 18 heavy (non-hydrogen) atoms. The van der Waals surface area contributed by atoms with E-state index in [-0.39, 0.29) is 11.9 Å². The maximum Gasteiger partial charge on any atom is 0.165 e. The predicted molar refractivity (Wildman–Crippen MR) is 68.2 cm³/mol. The van der Waals surface area contributed by atoms with Crippen LogP contribution in [-0.4, -0.2) is 25.1 Å². The van der Waals surface area contributed by atoms with Gasteiger partial charge in [0.1, 0.15) is 5.75 Å². The van der Waals surface area contributed by atoms with E-state index in [0.717, 1.165) is 49.4 Å². The lowest BCUT2D eigenvalue weighted by Gasteiger charge is -2.21. The SMILES string of the molecule is O=C(CC1CCCCO1)c1ccc2c(c1)CCO2. The van der Waals surface area contributed by atoms with Gasteiger partial charge in [0.2, 0.25) is 0 Å². The highest BCUT2D eigenvalue weighted by molar-refractivity contribution is 5.96. The van der Waals surface area contributed by atoms with Crippen molar-refractivity contribution in [3.05, 3.63) is 29.3 Å². The number of carbonyl (C=O) groups is 1. The van der Waals surface area contributed by atoms with Crippen LogP contribution in [0.1, 0.15) is 41.6 Å². The average molecular weight is 246 g/mol. The Morgan fingerprint density at radius 1 is 1.28 bits per heavy atom. The first-order chi connectivity index (χ1) is 8.83. The zero-order valence-electron chi connectivity index (χ0n) is 10.5. The van der Waals surface area contributed by atoms with Crippen molar-refractivity contribution in [1.29, 1.82) is 0 Å². The molecule has 0 aliphatic carbocycles. The minimum atomic E-state index is 0.121. The lowest BCUT2D eigenvalue weighted by Crippen LogP contribution is -2.22. The first-order valence-corrected chi connectivity index (χ1v) is 6.73. The van der Waals surface area contributed by atoms with Gasteiger partial charge >= 0.3 is 0 Å². The van der Waals surface area contributed by atoms with Crippen LogP contribution in [0.3, 0.4) is 0 Å². The van der Waals surface area contributed by atoms with Crippen LogP contribution in [0.25, 0.3) is 0 Å². The molecule has 0 radical (unpaired) electrons. The number of Topliss-reactive ketones (excluding diaryl/α,β-unsaturated/α-hetero) is 1. The molecule has 3 nitrogen and oxygen atoms in total. The van der Waals surface area contributed by atoms with E-state index in [9.17, 15) is 4.79 Å². The minimum Gasteiger partial charge on any atom is -0.493 e. The Kier molecular flexibility index (Phi) is 3.33. The highest BCUT2D eigenvalue weighted by Crippen LogP contribution is 2.27. The molecule has 0 aromatic heterocycles. The topological polar surface area (TPSA) is 35.5 Å². The summed E-state index contributed by atoms with van der Waals surface area (Å²) >= 11 is 0. The van der Waals surface area contributed by atoms with Gasteiger partial charge in [-0.15, -0.1) is 0 Å². The molecule has 1 fully saturated rings. The molecular formula is C15H18O3. The Balaban J connectivity index is 1.68. The molecule has 0 saturated carbocycles. The van der Waals surface area contributed by atoms with Gasteiger partial charge in [-0.1, -0.05) is 0 Å². The van der Waals surface area contributed by atoms with E-state index in [1.807, 2.05) is 18.2 Å². The molecule has 2 aliphatic heterocycles. The molecule has 1 aromatic carbocycles. The summed E-state index contributed by atoms with van der Waals surface area (Å²) in [7, 11) is 0. The van der Waals surface area contributed by atoms with E-state index in [4.69, 9.17) is 9.47 Å². The summed E-state index contributed by atoms with van der Waals surface area (Å²) in [6.45, 7) is 1.54. The number of carbonyl (C=O) groups excluding carboxylic acids is 1. The number of hydrogen-bond donors (Lipinski definition) is 0. The summed E-state index contributed by atoms with van der Waals surface area (Å²) in [4.78, 5) is 12.2. The fraction of sp³-hybridized carbons (Fsp3) is 0.533. The average Bonchev–Trinajstić information content (AvgIpc) is 2.87. The van der Waals surface area contributed by atoms with Crippen LogP contribution < -0.4 is 4.74 Å². The maximum absolute atomic E-state index is 12.2. The van der Waals surface area contributed by atoms with Crippen LogP contribution in [0.5, 0.6) is 5.75 Å². The van der Waals surface area contributed by atoms with Gasteiger partial charge in [-0.2, -0.15) is 0 Å². The normalized spacial score (nSPS) is 22.3. The van der Waals surface area contributed by atoms with Crippen molar-refractivity contribution in [1.82, 2.24) is 0 Å². The fourth-order valence-corrected chi connectivity index (χ4v) is 2.65. The van der Waals surface area contributed by atoms with Gasteiger partial charge in [-0.3, -0.25) is 4.79 Å². The van der Waals surface area contributed by atoms with Gasteiger partial charge in [0.05, 0.1) is 12.7 Å². The van der Waals surface area contributed by atoms with Crippen molar-refractivity contribution in [2.24, 2.45) is 0 Å². The van der Waals surface area contributed by atoms with Gasteiger partial charge in [0.15, 0.2) is 5.78 Å². The van der Waals surface area contributed by atoms with Gasteiger partial charge in [0, 0.05) is 25.0 Å². The second-order valence-corrected chi connectivity index (χ2v) is 5.04. The minimum absolute atomic E-state index is 0.121. The first-order valence-electron chi connectivity index (χ1n) is 6.73. The van der Waals surface area contributed by atoms with Crippen molar-refractivity contribution >= 4 is 5.78 Å². The molecule has 3 heteroatoms. The monoisotopic (exact) mass is 246 g/mol. The van der Waals surface area contributed by atoms with E-state index in [1.165, 1.54) is 6.42 Å². The number of rotatable bonds is 3. The molecule has 96 valence electrons. The zero-order chi connectivity index (χ0) is 12.4. The van der Waals surface area contributed by atoms with E-state index in [1.54, 1.807) is 0 Å². The third-order valence-electron chi connectivity index (χ3n) is 3.70. The van der Waals surface area contributed by atoms with Crippen molar-refractivity contribution in [2.75, 3.05) is 13.2 Å². The van der Waals surface area contributed by atoms with Crippen molar-refractivity contribution in [2.45, 2.75) is 38.2 Å². The summed E-state index contributed by atoms with van der Waals surface area (Å²) < 4.78 is 11.1. The van der Waals surface area contributed by atoms with Crippen LogP contribution >= 0.6 is 0 Å². The van der Waals surface area contributed by atoms with Crippen LogP contribution in [0.4, 0.5) is 0 Å². The molecule has 0 amide bonds. The number of hydrogen-bond acceptors (Lipinski definition) is 3. The van der Waals surface area contributed by atoms with Crippen LogP contribution in [0.2, 0.25) is 0 Å². The molecule has 1 atom stereocenters. The van der Waals surface area contributed by atoms with E-state index >= 15 is 0 Å². The van der Waals surface area contributed by atoms with E-state index in [0.29, 0.717) is 6.42 Å². The molecule has 1 unspecified atom stereocenters. The van der Waals surface area contributed by atoms with Crippen LogP contribution in [0, 0.1) is 0 Å². The summed E-state index contributed by atoms with van der Waals surface area (Å²) in [5.74, 6) is 1.12. The highest BCUT2D eigenvalue weighted by atomic mass is 16.5. The largest absolute Gasteiger partial charge is 0.493 e. The van der Waals surface area contributed by atoms with E-state index < -0.39 is 0 Å². The summed E-state index contributed by atoms with van der Waals surface area (Å²) in [6, 6.07) is 5.76. The summed E-state index contributed by atoms with van der Waals surface area (Å²) in [6.07, 6.45) is 4.86. The molecule has 0 bridgehead atoms. The van der Waals surface area contributed by atoms with Crippen molar-refractivity contribution < 1.29 is 14.3 Å². The molecule has 3 rings (SSSR count). The lowest BCUT2D eigenvalue weighted by atomic mass is 9.98. The summed E-state index contributed by atoms with van der Waals surface area (Å²) in [5, 5.41) is 0. The second kappa shape index (κ2) is 5.11. The predicted octanol–water partition coefficient (Wildman–Crippen LogP) is 2.76. The highest BCUT2D eigenvalue weighted by Gasteiger charge is 2.20. The molecular weight excluding hydrogens is 228 g/mol. The zero-order valence-corrected chi connectivity index (χ0v) is 10.5. The number of ether oxygens (including phenoxy) is 2. The lowest BCUT2D eigenvalue weighted by molar-refractivity contribution is 0.0129. The number of ketones is 1. The Hall–Kier alpha value is -1.35. The van der Waals surface area contributed by atoms with Crippen molar-refractivity contribution in [3.8, 4) is 5.75 Å². The van der Waals surface area contributed by atoms with Gasteiger partial charge < -0.3 is 9.47 Å². The Morgan fingerprint density at radius 3 is 3.06 bits per heavy atom. The van der Waals surface area contributed by atoms with Gasteiger partial charge in [-0.05, 0) is 43.0 Å². The first kappa shape index (κ1) is 11.7. The number of fused-ring (bicyclic) bond motifs is 1. The standard InChI is InChI=1S/C15H18O3/c16-14(10-13-3-1-2-7-17-13)11-4-5-15-12(9-11)6-8-18-15/h4-5,9,13H,1-3,6-8,10H2. The quantitative estimate of drug-likeness (QED) is 0.769. The smallest absolute Gasteiger partial charge is 0.165 e. The third-order valence-corrected chi connectivity index (χ3v) is 3.70. The Bertz CT molecular complexity index is 447.